The molecule has 0 aliphatic heterocycles. The summed E-state index contributed by atoms with van der Waals surface area (Å²) >= 11 is 0. The Kier molecular flexibility index (Phi) is 3.74. The van der Waals surface area contributed by atoms with Gasteiger partial charge < -0.3 is 10.5 Å². The van der Waals surface area contributed by atoms with Crippen LogP contribution in [-0.4, -0.2) is 12.0 Å². The molecule has 3 nitrogen and oxygen atoms in total. The number of esters is 1. The van der Waals surface area contributed by atoms with Crippen LogP contribution in [0.25, 0.3) is 0 Å². The van der Waals surface area contributed by atoms with Gasteiger partial charge in [-0.05, 0) is 11.5 Å². The van der Waals surface area contributed by atoms with Gasteiger partial charge in [0, 0.05) is 1.37 Å². The molecular formula is C12H17NO2. The molecule has 0 spiro atoms. The quantitative estimate of drug-likeness (QED) is 0.766. The minimum absolute atomic E-state index is 0.127. The zero-order valence-electron chi connectivity index (χ0n) is 9.85. The van der Waals surface area contributed by atoms with E-state index in [1.165, 1.54) is 0 Å². The van der Waals surface area contributed by atoms with E-state index in [2.05, 4.69) is 0 Å². The van der Waals surface area contributed by atoms with Crippen molar-refractivity contribution in [2.45, 2.75) is 26.5 Å². The molecule has 0 aliphatic carbocycles. The number of benzene rings is 1. The SMILES string of the molecule is [2H]CC(C)[C@H](N)C(=O)OCc1ccccc1. The van der Waals surface area contributed by atoms with Gasteiger partial charge in [-0.15, -0.1) is 0 Å². The molecule has 1 aromatic carbocycles. The molecule has 0 fully saturated rings. The van der Waals surface area contributed by atoms with Crippen molar-refractivity contribution in [3.05, 3.63) is 35.9 Å². The van der Waals surface area contributed by atoms with E-state index in [9.17, 15) is 4.79 Å². The van der Waals surface area contributed by atoms with Crippen LogP contribution in [0.5, 0.6) is 0 Å². The Bertz CT molecular complexity index is 329. The van der Waals surface area contributed by atoms with Gasteiger partial charge in [-0.25, -0.2) is 0 Å². The van der Waals surface area contributed by atoms with Crippen molar-refractivity contribution in [3.8, 4) is 0 Å². The lowest BCUT2D eigenvalue weighted by Gasteiger charge is -2.14. The van der Waals surface area contributed by atoms with Crippen LogP contribution in [0.3, 0.4) is 0 Å². The summed E-state index contributed by atoms with van der Waals surface area (Å²) in [6, 6.07) is 8.73. The Hall–Kier alpha value is -1.35. The van der Waals surface area contributed by atoms with Gasteiger partial charge in [0.25, 0.3) is 0 Å². The average molecular weight is 208 g/mol. The fraction of sp³-hybridized carbons (Fsp3) is 0.417. The number of carbonyl (C=O) groups is 1. The summed E-state index contributed by atoms with van der Waals surface area (Å²) in [7, 11) is 0. The first-order valence-electron chi connectivity index (χ1n) is 5.61. The number of rotatable bonds is 4. The number of nitrogens with two attached hydrogens (primary N) is 1. The first-order valence-corrected chi connectivity index (χ1v) is 4.90. The number of hydrogen-bond acceptors (Lipinski definition) is 3. The maximum Gasteiger partial charge on any atom is 0.323 e. The summed E-state index contributed by atoms with van der Waals surface area (Å²) in [6.07, 6.45) is 0. The van der Waals surface area contributed by atoms with Crippen molar-refractivity contribution >= 4 is 5.97 Å². The standard InChI is InChI=1S/C12H17NO2/c1-9(2)11(13)12(14)15-8-10-6-4-3-5-7-10/h3-7,9,11H,8,13H2,1-2H3/t11-/m0/s1/i1D/t9?,11-. The topological polar surface area (TPSA) is 52.3 Å². The second-order valence-corrected chi connectivity index (χ2v) is 3.60. The molecule has 0 saturated heterocycles. The third kappa shape index (κ3) is 3.72. The van der Waals surface area contributed by atoms with Crippen LogP contribution in [-0.2, 0) is 16.1 Å². The molecule has 2 atom stereocenters. The predicted molar refractivity (Wildman–Crippen MR) is 59.1 cm³/mol. The van der Waals surface area contributed by atoms with Crippen LogP contribution in [0.2, 0.25) is 0 Å². The van der Waals surface area contributed by atoms with Crippen molar-refractivity contribution in [2.75, 3.05) is 0 Å². The second-order valence-electron chi connectivity index (χ2n) is 3.60. The molecule has 0 heterocycles. The molecule has 2 N–H and O–H groups in total. The Morgan fingerprint density at radius 2 is 2.20 bits per heavy atom. The summed E-state index contributed by atoms with van der Waals surface area (Å²) in [5.74, 6) is -0.619. The Balaban J connectivity index is 2.41. The van der Waals surface area contributed by atoms with Crippen LogP contribution in [0, 0.1) is 5.92 Å². The number of carbonyl (C=O) groups excluding carboxylic acids is 1. The minimum Gasteiger partial charge on any atom is -0.460 e. The Morgan fingerprint density at radius 1 is 1.53 bits per heavy atom. The van der Waals surface area contributed by atoms with Gasteiger partial charge in [-0.3, -0.25) is 4.79 Å². The molecule has 0 amide bonds. The fourth-order valence-electron chi connectivity index (χ4n) is 1.06. The lowest BCUT2D eigenvalue weighted by Crippen LogP contribution is -2.36. The van der Waals surface area contributed by atoms with Gasteiger partial charge in [0.15, 0.2) is 0 Å². The van der Waals surface area contributed by atoms with E-state index >= 15 is 0 Å². The second kappa shape index (κ2) is 5.51. The summed E-state index contributed by atoms with van der Waals surface area (Å²) in [6.45, 7) is 2.13. The Morgan fingerprint density at radius 3 is 2.80 bits per heavy atom. The highest BCUT2D eigenvalue weighted by atomic mass is 16.5. The summed E-state index contributed by atoms with van der Waals surface area (Å²) in [4.78, 5) is 11.5. The molecular weight excluding hydrogens is 190 g/mol. The smallest absolute Gasteiger partial charge is 0.323 e. The zero-order chi connectivity index (χ0) is 12.0. The van der Waals surface area contributed by atoms with Crippen molar-refractivity contribution in [3.63, 3.8) is 0 Å². The van der Waals surface area contributed by atoms with Crippen LogP contribution >= 0.6 is 0 Å². The average Bonchev–Trinajstić information content (AvgIpc) is 2.35. The van der Waals surface area contributed by atoms with Gasteiger partial charge in [0.1, 0.15) is 12.6 Å². The number of ether oxygens (including phenoxy) is 1. The highest BCUT2D eigenvalue weighted by Gasteiger charge is 2.18. The van der Waals surface area contributed by atoms with Gasteiger partial charge in [0.05, 0.1) is 0 Å². The monoisotopic (exact) mass is 208 g/mol. The van der Waals surface area contributed by atoms with Gasteiger partial charge >= 0.3 is 5.97 Å². The van der Waals surface area contributed by atoms with E-state index < -0.39 is 12.0 Å². The normalized spacial score (nSPS) is 15.2. The van der Waals surface area contributed by atoms with Crippen molar-refractivity contribution in [1.82, 2.24) is 0 Å². The van der Waals surface area contributed by atoms with Gasteiger partial charge in [-0.2, -0.15) is 0 Å². The molecule has 3 heteroatoms. The van der Waals surface area contributed by atoms with Crippen molar-refractivity contribution < 1.29 is 10.9 Å². The lowest BCUT2D eigenvalue weighted by molar-refractivity contribution is -0.147. The highest BCUT2D eigenvalue weighted by Crippen LogP contribution is 2.04. The number of hydrogen-bond donors (Lipinski definition) is 1. The molecule has 1 rings (SSSR count). The molecule has 82 valence electrons. The van der Waals surface area contributed by atoms with Crippen LogP contribution in [0.15, 0.2) is 30.3 Å². The van der Waals surface area contributed by atoms with Crippen LogP contribution in [0.4, 0.5) is 0 Å². The van der Waals surface area contributed by atoms with Gasteiger partial charge in [-0.1, -0.05) is 44.2 Å². The summed E-state index contributed by atoms with van der Waals surface area (Å²) < 4.78 is 12.2. The maximum absolute atomic E-state index is 11.5. The third-order valence-corrected chi connectivity index (χ3v) is 2.11. The summed E-state index contributed by atoms with van der Waals surface area (Å²) in [5.41, 5.74) is 6.57. The van der Waals surface area contributed by atoms with E-state index in [0.29, 0.717) is 0 Å². The van der Waals surface area contributed by atoms with Crippen molar-refractivity contribution in [1.29, 1.82) is 0 Å². The maximum atomic E-state index is 11.5. The largest absolute Gasteiger partial charge is 0.460 e. The molecule has 15 heavy (non-hydrogen) atoms. The van der Waals surface area contributed by atoms with E-state index in [1.807, 2.05) is 30.3 Å². The van der Waals surface area contributed by atoms with E-state index in [-0.39, 0.29) is 19.4 Å². The molecule has 0 radical (unpaired) electrons. The molecule has 0 aromatic heterocycles. The van der Waals surface area contributed by atoms with Crippen LogP contribution < -0.4 is 5.73 Å². The first kappa shape index (κ1) is 10.2. The molecule has 1 unspecified atom stereocenters. The van der Waals surface area contributed by atoms with E-state index in [1.54, 1.807) is 6.92 Å². The summed E-state index contributed by atoms with van der Waals surface area (Å²) in [5, 5.41) is 0. The van der Waals surface area contributed by atoms with E-state index in [4.69, 9.17) is 11.8 Å². The van der Waals surface area contributed by atoms with Gasteiger partial charge in [0.2, 0.25) is 0 Å². The van der Waals surface area contributed by atoms with Crippen LogP contribution in [0.1, 0.15) is 20.8 Å². The lowest BCUT2D eigenvalue weighted by atomic mass is 10.1. The first-order chi connectivity index (χ1) is 7.65. The van der Waals surface area contributed by atoms with Crippen molar-refractivity contribution in [2.24, 2.45) is 11.7 Å². The molecule has 1 aromatic rings. The molecule has 0 bridgehead atoms. The highest BCUT2D eigenvalue weighted by molar-refractivity contribution is 5.75. The predicted octanol–water partition coefficient (Wildman–Crippen LogP) is 1.71. The Labute approximate surface area is 91.6 Å². The van der Waals surface area contributed by atoms with E-state index in [0.717, 1.165) is 5.56 Å². The molecule has 0 aliphatic rings. The minimum atomic E-state index is -0.707. The fourth-order valence-corrected chi connectivity index (χ4v) is 1.06. The molecule has 0 saturated carbocycles. The zero-order valence-corrected chi connectivity index (χ0v) is 8.85. The third-order valence-electron chi connectivity index (χ3n) is 2.11.